The van der Waals surface area contributed by atoms with E-state index in [0.717, 1.165) is 0 Å². The van der Waals surface area contributed by atoms with Crippen LogP contribution in [0.2, 0.25) is 0 Å². The molecule has 5 heteroatoms. The first kappa shape index (κ1) is 9.39. The summed E-state index contributed by atoms with van der Waals surface area (Å²) in [5.41, 5.74) is 0. The Hall–Kier alpha value is 1.03. The molecule has 0 aromatic heterocycles. The van der Waals surface area contributed by atoms with Gasteiger partial charge in [-0.05, 0) is 0 Å². The molecule has 0 radical (unpaired) electrons. The van der Waals surface area contributed by atoms with Crippen LogP contribution in [0.15, 0.2) is 0 Å². The number of rotatable bonds is 0. The van der Waals surface area contributed by atoms with E-state index < -0.39 is 19.1 Å². The Balaban J connectivity index is 0. The van der Waals surface area contributed by atoms with Crippen LogP contribution in [0, 0.1) is 0 Å². The Morgan fingerprint density at radius 1 is 1.40 bits per heavy atom. The Morgan fingerprint density at radius 3 is 1.40 bits per heavy atom. The van der Waals surface area contributed by atoms with Gasteiger partial charge in [-0.1, -0.05) is 0 Å². The zero-order valence-corrected chi connectivity index (χ0v) is 5.41. The molecule has 0 N–H and O–H groups in total. The van der Waals surface area contributed by atoms with Crippen LogP contribution in [0.3, 0.4) is 0 Å². The van der Waals surface area contributed by atoms with Gasteiger partial charge in [-0.15, -0.1) is 0 Å². The van der Waals surface area contributed by atoms with Crippen molar-refractivity contribution in [3.8, 4) is 0 Å². The van der Waals surface area contributed by atoms with Crippen molar-refractivity contribution in [1.82, 2.24) is 0 Å². The summed E-state index contributed by atoms with van der Waals surface area (Å²) < 4.78 is 17.0. The third-order valence-corrected chi connectivity index (χ3v) is 0. The molecule has 0 fully saturated rings. The molecule has 0 unspecified atom stereocenters. The standard InChI is InChI=1S/Ni.2O.S.Ti. The van der Waals surface area contributed by atoms with Gasteiger partial charge in [-0.2, -0.15) is 0 Å². The minimum absolute atomic E-state index is 2.00. The van der Waals surface area contributed by atoms with Crippen LogP contribution in [0.4, 0.5) is 0 Å². The minimum atomic E-state index is -2.00. The first-order valence-electron chi connectivity index (χ1n) is 0.537. The average molecular weight is 171 g/mol. The molecule has 0 rings (SSSR count). The second-order valence-electron chi connectivity index (χ2n) is 0.0833. The van der Waals surface area contributed by atoms with Crippen molar-refractivity contribution < 1.29 is 39.6 Å². The van der Waals surface area contributed by atoms with Crippen molar-refractivity contribution in [3.05, 3.63) is 0 Å². The van der Waals surface area contributed by atoms with Crippen molar-refractivity contribution in [2.45, 2.75) is 0 Å². The van der Waals surface area contributed by atoms with Crippen LogP contribution in [-0.2, 0) is 39.6 Å². The Kier molecular flexibility index (Phi) is 37.3. The molecule has 0 aromatic carbocycles. The normalized spacial score (nSPS) is 2.80. The van der Waals surface area contributed by atoms with Gasteiger partial charge >= 0.3 is 50.3 Å². The van der Waals surface area contributed by atoms with Gasteiger partial charge in [0.1, 0.15) is 0 Å². The molecular weight excluding hydrogens is 171 g/mol. The zero-order valence-electron chi connectivity index (χ0n) is 2.04. The summed E-state index contributed by atoms with van der Waals surface area (Å²) in [5.74, 6) is 0. The third-order valence-electron chi connectivity index (χ3n) is 0. The van der Waals surface area contributed by atoms with Gasteiger partial charge in [-0.3, -0.25) is 0 Å². The summed E-state index contributed by atoms with van der Waals surface area (Å²) in [4.78, 5) is 0. The zero-order chi connectivity index (χ0) is 4.71. The van der Waals surface area contributed by atoms with E-state index in [1.165, 1.54) is 0 Å². The topological polar surface area (TPSA) is 34.1 Å². The van der Waals surface area contributed by atoms with Gasteiger partial charge < -0.3 is 0 Å². The van der Waals surface area contributed by atoms with Crippen LogP contribution in [0.1, 0.15) is 0 Å². The molecule has 0 aromatic rings. The SMILES string of the molecule is [O]=[Ti]=[O].[S]=[Ni]. The molecular formula is NiO2STi. The fraction of sp³-hybridized carbons (Fsp3) is 0. The molecule has 0 heterocycles. The van der Waals surface area contributed by atoms with Crippen molar-refractivity contribution in [2.24, 2.45) is 0 Å². The fourth-order valence-corrected chi connectivity index (χ4v) is 0. The van der Waals surface area contributed by atoms with Crippen LogP contribution >= 0.6 is 10.7 Å². The Labute approximate surface area is 50.2 Å². The van der Waals surface area contributed by atoms with Crippen LogP contribution in [0.25, 0.3) is 0 Å². The van der Waals surface area contributed by atoms with Gasteiger partial charge in [-0.25, -0.2) is 0 Å². The maximum atomic E-state index is 8.50. The second-order valence-corrected chi connectivity index (χ2v) is 0.344. The number of hydrogen-bond donors (Lipinski definition) is 0. The van der Waals surface area contributed by atoms with Crippen molar-refractivity contribution in [1.29, 1.82) is 0 Å². The summed E-state index contributed by atoms with van der Waals surface area (Å²) in [6.45, 7) is 0. The van der Waals surface area contributed by atoms with E-state index in [0.29, 0.717) is 0 Å². The van der Waals surface area contributed by atoms with E-state index in [1.807, 2.05) is 0 Å². The molecule has 32 valence electrons. The third kappa shape index (κ3) is 43.6. The molecule has 5 heavy (non-hydrogen) atoms. The van der Waals surface area contributed by atoms with E-state index in [4.69, 9.17) is 6.65 Å². The first-order chi connectivity index (χ1) is 2.41. The quantitative estimate of drug-likeness (QED) is 0.494. The van der Waals surface area contributed by atoms with Gasteiger partial charge in [0.2, 0.25) is 0 Å². The molecule has 0 saturated heterocycles. The van der Waals surface area contributed by atoms with Gasteiger partial charge in [0.25, 0.3) is 0 Å². The predicted molar refractivity (Wildman–Crippen MR) is 8.96 cm³/mol. The van der Waals surface area contributed by atoms with Crippen molar-refractivity contribution in [2.75, 3.05) is 0 Å². The monoisotopic (exact) mass is 170 g/mol. The summed E-state index contributed by atoms with van der Waals surface area (Å²) >= 11 is 1.46. The molecule has 0 aliphatic carbocycles. The second kappa shape index (κ2) is 19.8. The van der Waals surface area contributed by atoms with Gasteiger partial charge in [0.15, 0.2) is 0 Å². The van der Waals surface area contributed by atoms with E-state index in [-0.39, 0.29) is 0 Å². The molecule has 0 bridgehead atoms. The molecule has 0 atom stereocenters. The van der Waals surface area contributed by atoms with E-state index in [2.05, 4.69) is 24.5 Å². The first-order valence-corrected chi connectivity index (χ1v) is 3.28. The molecule has 0 aliphatic heterocycles. The van der Waals surface area contributed by atoms with E-state index >= 15 is 0 Å². The molecule has 0 amide bonds. The van der Waals surface area contributed by atoms with Gasteiger partial charge in [0, 0.05) is 0 Å². The number of hydrogen-bond acceptors (Lipinski definition) is 3. The molecule has 2 nitrogen and oxygen atoms in total. The van der Waals surface area contributed by atoms with Crippen molar-refractivity contribution >= 4 is 10.7 Å². The van der Waals surface area contributed by atoms with E-state index in [1.54, 1.807) is 0 Å². The average Bonchev–Trinajstić information content (AvgIpc) is 1.46. The summed E-state index contributed by atoms with van der Waals surface area (Å²) in [5, 5.41) is 0. The maximum absolute atomic E-state index is 8.50. The van der Waals surface area contributed by atoms with Crippen LogP contribution in [0.5, 0.6) is 0 Å². The summed E-state index contributed by atoms with van der Waals surface area (Å²) in [6, 6.07) is 0. The van der Waals surface area contributed by atoms with Crippen LogP contribution in [-0.4, -0.2) is 0 Å². The van der Waals surface area contributed by atoms with Crippen molar-refractivity contribution in [3.63, 3.8) is 0 Å². The Bertz CT molecular complexity index is 38.9. The predicted octanol–water partition coefficient (Wildman–Crippen LogP) is 0.406. The summed E-state index contributed by atoms with van der Waals surface area (Å²) in [7, 11) is 3.71. The van der Waals surface area contributed by atoms with E-state index in [9.17, 15) is 0 Å². The molecule has 0 spiro atoms. The fourth-order valence-electron chi connectivity index (χ4n) is 0. The van der Waals surface area contributed by atoms with Gasteiger partial charge in [0.05, 0.1) is 0 Å². The summed E-state index contributed by atoms with van der Waals surface area (Å²) in [6.07, 6.45) is 0. The van der Waals surface area contributed by atoms with Crippen LogP contribution < -0.4 is 0 Å². The molecule has 0 saturated carbocycles. The molecule has 0 aliphatic rings. The Morgan fingerprint density at radius 2 is 1.40 bits per heavy atom.